The van der Waals surface area contributed by atoms with Crippen LogP contribution in [0.1, 0.15) is 28.0 Å². The van der Waals surface area contributed by atoms with Gasteiger partial charge in [0.15, 0.2) is 0 Å². The smallest absolute Gasteiger partial charge is 0.337 e. The van der Waals surface area contributed by atoms with Crippen molar-refractivity contribution in [1.82, 2.24) is 4.98 Å². The molecule has 0 atom stereocenters. The van der Waals surface area contributed by atoms with Crippen molar-refractivity contribution in [2.45, 2.75) is 19.8 Å². The van der Waals surface area contributed by atoms with E-state index < -0.39 is 0 Å². The van der Waals surface area contributed by atoms with Gasteiger partial charge in [-0.1, -0.05) is 0 Å². The first kappa shape index (κ1) is 12.6. The van der Waals surface area contributed by atoms with Crippen LogP contribution in [-0.4, -0.2) is 24.6 Å². The Morgan fingerprint density at radius 1 is 1.44 bits per heavy atom. The molecule has 1 aromatic heterocycles. The highest BCUT2D eigenvalue weighted by molar-refractivity contribution is 5.96. The van der Waals surface area contributed by atoms with Crippen LogP contribution in [0, 0.1) is 6.92 Å². The number of esters is 1. The number of ether oxygens (including phenoxy) is 1. The fourth-order valence-electron chi connectivity index (χ4n) is 2.23. The first-order chi connectivity index (χ1) is 8.67. The van der Waals surface area contributed by atoms with E-state index in [1.54, 1.807) is 6.07 Å². The third kappa shape index (κ3) is 2.24. The summed E-state index contributed by atoms with van der Waals surface area (Å²) < 4.78 is 4.74. The Hall–Kier alpha value is -1.81. The number of aromatic nitrogens is 1. The van der Waals surface area contributed by atoms with Gasteiger partial charge in [0.2, 0.25) is 0 Å². The number of aromatic amines is 1. The van der Waals surface area contributed by atoms with Crippen molar-refractivity contribution in [2.75, 3.05) is 13.7 Å². The largest absolute Gasteiger partial charge is 0.465 e. The Bertz CT molecular complexity index is 572. The molecule has 0 fully saturated rings. The van der Waals surface area contributed by atoms with Crippen molar-refractivity contribution in [3.8, 4) is 0 Å². The summed E-state index contributed by atoms with van der Waals surface area (Å²) in [6, 6.07) is 5.58. The highest BCUT2D eigenvalue weighted by atomic mass is 16.5. The first-order valence-electron chi connectivity index (χ1n) is 6.07. The molecule has 18 heavy (non-hydrogen) atoms. The topological polar surface area (TPSA) is 68.1 Å². The van der Waals surface area contributed by atoms with Crippen LogP contribution in [0.3, 0.4) is 0 Å². The minimum atomic E-state index is -0.305. The molecule has 2 rings (SSSR count). The van der Waals surface area contributed by atoms with Gasteiger partial charge in [0, 0.05) is 16.6 Å². The number of hydrogen-bond acceptors (Lipinski definition) is 3. The first-order valence-corrected chi connectivity index (χ1v) is 6.07. The van der Waals surface area contributed by atoms with Crippen LogP contribution in [0.4, 0.5) is 0 Å². The van der Waals surface area contributed by atoms with Crippen LogP contribution < -0.4 is 5.73 Å². The standard InChI is InChI=1S/C14H18N2O2/c1-9-11(4-3-7-15)12-8-10(14(17)18-2)5-6-13(12)16-9/h5-6,8,16H,3-4,7,15H2,1-2H3. The van der Waals surface area contributed by atoms with E-state index in [9.17, 15) is 4.79 Å². The fourth-order valence-corrected chi connectivity index (χ4v) is 2.23. The van der Waals surface area contributed by atoms with Gasteiger partial charge in [0.05, 0.1) is 12.7 Å². The number of hydrogen-bond donors (Lipinski definition) is 2. The lowest BCUT2D eigenvalue weighted by Crippen LogP contribution is -2.02. The number of carbonyl (C=O) groups excluding carboxylic acids is 1. The molecule has 0 unspecified atom stereocenters. The van der Waals surface area contributed by atoms with Crippen molar-refractivity contribution in [2.24, 2.45) is 5.73 Å². The van der Waals surface area contributed by atoms with E-state index >= 15 is 0 Å². The van der Waals surface area contributed by atoms with Crippen molar-refractivity contribution < 1.29 is 9.53 Å². The zero-order valence-electron chi connectivity index (χ0n) is 10.7. The molecule has 1 heterocycles. The lowest BCUT2D eigenvalue weighted by molar-refractivity contribution is 0.0601. The molecule has 4 nitrogen and oxygen atoms in total. The van der Waals surface area contributed by atoms with Gasteiger partial charge in [-0.15, -0.1) is 0 Å². The fraction of sp³-hybridized carbons (Fsp3) is 0.357. The van der Waals surface area contributed by atoms with E-state index in [4.69, 9.17) is 10.5 Å². The molecular formula is C14H18N2O2. The second-order valence-corrected chi connectivity index (χ2v) is 4.37. The van der Waals surface area contributed by atoms with Crippen LogP contribution in [0.25, 0.3) is 10.9 Å². The van der Waals surface area contributed by atoms with Crippen molar-refractivity contribution in [3.05, 3.63) is 35.0 Å². The van der Waals surface area contributed by atoms with Crippen LogP contribution in [0.2, 0.25) is 0 Å². The third-order valence-electron chi connectivity index (χ3n) is 3.17. The van der Waals surface area contributed by atoms with Gasteiger partial charge in [-0.2, -0.15) is 0 Å². The molecule has 3 N–H and O–H groups in total. The molecule has 1 aromatic carbocycles. The van der Waals surface area contributed by atoms with E-state index in [1.165, 1.54) is 12.7 Å². The van der Waals surface area contributed by atoms with Gasteiger partial charge < -0.3 is 15.5 Å². The minimum absolute atomic E-state index is 0.305. The molecule has 96 valence electrons. The van der Waals surface area contributed by atoms with Crippen LogP contribution in [0.5, 0.6) is 0 Å². The summed E-state index contributed by atoms with van der Waals surface area (Å²) in [5.41, 5.74) is 9.56. The van der Waals surface area contributed by atoms with E-state index in [-0.39, 0.29) is 5.97 Å². The molecule has 0 bridgehead atoms. The third-order valence-corrected chi connectivity index (χ3v) is 3.17. The highest BCUT2D eigenvalue weighted by Crippen LogP contribution is 2.24. The molecule has 0 aliphatic carbocycles. The number of benzene rings is 1. The Balaban J connectivity index is 2.48. The van der Waals surface area contributed by atoms with E-state index in [2.05, 4.69) is 4.98 Å². The molecule has 2 aromatic rings. The second-order valence-electron chi connectivity index (χ2n) is 4.37. The van der Waals surface area contributed by atoms with Gasteiger partial charge in [-0.05, 0) is 50.1 Å². The second kappa shape index (κ2) is 5.23. The summed E-state index contributed by atoms with van der Waals surface area (Å²) in [6.45, 7) is 2.71. The summed E-state index contributed by atoms with van der Waals surface area (Å²) in [4.78, 5) is 14.9. The molecule has 0 amide bonds. The molecule has 0 aliphatic heterocycles. The molecule has 0 saturated heterocycles. The van der Waals surface area contributed by atoms with Gasteiger partial charge in [0.1, 0.15) is 0 Å². The summed E-state index contributed by atoms with van der Waals surface area (Å²) in [5, 5.41) is 1.09. The normalized spacial score (nSPS) is 10.8. The lowest BCUT2D eigenvalue weighted by Gasteiger charge is -2.02. The van der Waals surface area contributed by atoms with Crippen molar-refractivity contribution in [1.29, 1.82) is 0 Å². The van der Waals surface area contributed by atoms with Crippen molar-refractivity contribution >= 4 is 16.9 Å². The minimum Gasteiger partial charge on any atom is -0.465 e. The number of H-pyrrole nitrogens is 1. The average molecular weight is 246 g/mol. The summed E-state index contributed by atoms with van der Waals surface area (Å²) in [6.07, 6.45) is 1.86. The van der Waals surface area contributed by atoms with Gasteiger partial charge in [0.25, 0.3) is 0 Å². The van der Waals surface area contributed by atoms with E-state index in [1.807, 2.05) is 19.1 Å². The SMILES string of the molecule is COC(=O)c1ccc2[nH]c(C)c(CCCN)c2c1. The molecular weight excluding hydrogens is 228 g/mol. The molecule has 0 radical (unpaired) electrons. The van der Waals surface area contributed by atoms with Gasteiger partial charge in [-0.3, -0.25) is 0 Å². The van der Waals surface area contributed by atoms with Crippen molar-refractivity contribution in [3.63, 3.8) is 0 Å². The van der Waals surface area contributed by atoms with Gasteiger partial charge in [-0.25, -0.2) is 4.79 Å². The lowest BCUT2D eigenvalue weighted by atomic mass is 10.0. The monoisotopic (exact) mass is 246 g/mol. The Kier molecular flexibility index (Phi) is 3.67. The average Bonchev–Trinajstić information content (AvgIpc) is 2.70. The number of aryl methyl sites for hydroxylation is 2. The summed E-state index contributed by atoms with van der Waals surface area (Å²) in [7, 11) is 1.39. The predicted octanol–water partition coefficient (Wildman–Crippen LogP) is 2.15. The Labute approximate surface area is 106 Å². The molecule has 0 spiro atoms. The zero-order valence-corrected chi connectivity index (χ0v) is 10.7. The van der Waals surface area contributed by atoms with E-state index in [0.29, 0.717) is 12.1 Å². The number of nitrogens with one attached hydrogen (secondary N) is 1. The maximum Gasteiger partial charge on any atom is 0.337 e. The molecule has 0 aliphatic rings. The quantitative estimate of drug-likeness (QED) is 0.812. The number of methoxy groups -OCH3 is 1. The highest BCUT2D eigenvalue weighted by Gasteiger charge is 2.11. The van der Waals surface area contributed by atoms with Crippen LogP contribution in [0.15, 0.2) is 18.2 Å². The Morgan fingerprint density at radius 3 is 2.89 bits per heavy atom. The molecule has 0 saturated carbocycles. The van der Waals surface area contributed by atoms with Crippen LogP contribution >= 0.6 is 0 Å². The summed E-state index contributed by atoms with van der Waals surface area (Å²) in [5.74, 6) is -0.305. The Morgan fingerprint density at radius 2 is 2.22 bits per heavy atom. The van der Waals surface area contributed by atoms with Crippen LogP contribution in [-0.2, 0) is 11.2 Å². The summed E-state index contributed by atoms with van der Waals surface area (Å²) >= 11 is 0. The maximum absolute atomic E-state index is 11.5. The number of nitrogens with two attached hydrogens (primary N) is 1. The number of rotatable bonds is 4. The van der Waals surface area contributed by atoms with E-state index in [0.717, 1.165) is 29.4 Å². The zero-order chi connectivity index (χ0) is 13.1. The number of carbonyl (C=O) groups is 1. The maximum atomic E-state index is 11.5. The number of fused-ring (bicyclic) bond motifs is 1. The van der Waals surface area contributed by atoms with Gasteiger partial charge >= 0.3 is 5.97 Å². The predicted molar refractivity (Wildman–Crippen MR) is 71.8 cm³/mol. The molecule has 4 heteroatoms.